The normalized spacial score (nSPS) is 11.0. The fourth-order valence-electron chi connectivity index (χ4n) is 2.69. The molecule has 2 aromatic carbocycles. The lowest BCUT2D eigenvalue weighted by Gasteiger charge is -2.00. The van der Waals surface area contributed by atoms with Crippen molar-refractivity contribution in [2.24, 2.45) is 0 Å². The van der Waals surface area contributed by atoms with Gasteiger partial charge in [0.2, 0.25) is 0 Å². The number of benzene rings is 2. The Labute approximate surface area is 137 Å². The lowest BCUT2D eigenvalue weighted by Crippen LogP contribution is -2.21. The van der Waals surface area contributed by atoms with E-state index < -0.39 is 0 Å². The van der Waals surface area contributed by atoms with Crippen molar-refractivity contribution in [1.82, 2.24) is 5.32 Å². The monoisotopic (exact) mass is 321 g/mol. The molecule has 5 heteroatoms. The number of ether oxygens (including phenoxy) is 1. The topological polar surface area (TPSA) is 64.6 Å². The molecular formula is C19H15NO4. The van der Waals surface area contributed by atoms with Crippen molar-refractivity contribution in [1.29, 1.82) is 0 Å². The summed E-state index contributed by atoms with van der Waals surface area (Å²) in [6.45, 7) is 0.293. The number of hydrogen-bond acceptors (Lipinski definition) is 4. The largest absolute Gasteiger partial charge is 0.493 e. The number of para-hydroxylation sites is 2. The maximum absolute atomic E-state index is 12.3. The van der Waals surface area contributed by atoms with Gasteiger partial charge < -0.3 is 18.9 Å². The van der Waals surface area contributed by atoms with Gasteiger partial charge >= 0.3 is 0 Å². The van der Waals surface area contributed by atoms with Crippen LogP contribution in [0.2, 0.25) is 0 Å². The minimum absolute atomic E-state index is 0.241. The molecule has 1 amide bonds. The molecule has 0 aliphatic rings. The number of methoxy groups -OCH3 is 1. The molecule has 4 aromatic rings. The van der Waals surface area contributed by atoms with Gasteiger partial charge in [-0.15, -0.1) is 0 Å². The van der Waals surface area contributed by atoms with Crippen LogP contribution < -0.4 is 10.1 Å². The van der Waals surface area contributed by atoms with E-state index in [1.807, 2.05) is 42.5 Å². The van der Waals surface area contributed by atoms with Gasteiger partial charge in [-0.2, -0.15) is 0 Å². The summed E-state index contributed by atoms with van der Waals surface area (Å²) in [7, 11) is 1.57. The third-order valence-corrected chi connectivity index (χ3v) is 3.85. The molecule has 0 aliphatic carbocycles. The summed E-state index contributed by atoms with van der Waals surface area (Å²) in [5.74, 6) is 1.24. The Balaban J connectivity index is 1.53. The van der Waals surface area contributed by atoms with Gasteiger partial charge in [-0.25, -0.2) is 0 Å². The Kier molecular flexibility index (Phi) is 3.46. The van der Waals surface area contributed by atoms with Crippen LogP contribution in [0.4, 0.5) is 0 Å². The molecule has 0 atom stereocenters. The number of hydrogen-bond donors (Lipinski definition) is 1. The minimum atomic E-state index is -0.297. The van der Waals surface area contributed by atoms with E-state index in [1.165, 1.54) is 0 Å². The molecule has 0 saturated heterocycles. The number of rotatable bonds is 4. The van der Waals surface area contributed by atoms with Crippen LogP contribution in [0.15, 0.2) is 63.4 Å². The van der Waals surface area contributed by atoms with Crippen LogP contribution in [0.5, 0.6) is 5.75 Å². The van der Waals surface area contributed by atoms with Crippen LogP contribution in [-0.2, 0) is 6.54 Å². The first kappa shape index (κ1) is 14.4. The second kappa shape index (κ2) is 5.77. The van der Waals surface area contributed by atoms with Crippen molar-refractivity contribution in [3.8, 4) is 5.75 Å². The second-order valence-electron chi connectivity index (χ2n) is 5.42. The van der Waals surface area contributed by atoms with Crippen molar-refractivity contribution in [3.63, 3.8) is 0 Å². The summed E-state index contributed by atoms with van der Waals surface area (Å²) >= 11 is 0. The highest BCUT2D eigenvalue weighted by molar-refractivity contribution is 5.97. The highest BCUT2D eigenvalue weighted by Gasteiger charge is 2.15. The van der Waals surface area contributed by atoms with Crippen LogP contribution in [0.1, 0.15) is 16.3 Å². The standard InChI is InChI=1S/C19H15NO4/c1-22-16-8-4-6-13-10-17(24-18(13)16)19(21)20-11-14-9-12-5-2-3-7-15(12)23-14/h2-10H,11H2,1H3,(H,20,21). The van der Waals surface area contributed by atoms with Crippen molar-refractivity contribution in [2.45, 2.75) is 6.54 Å². The highest BCUT2D eigenvalue weighted by atomic mass is 16.5. The SMILES string of the molecule is COc1cccc2cc(C(=O)NCc3cc4ccccc4o3)oc12. The molecular weight excluding hydrogens is 306 g/mol. The molecule has 0 fully saturated rings. The number of carbonyl (C=O) groups is 1. The van der Waals surface area contributed by atoms with E-state index in [0.717, 1.165) is 16.4 Å². The Bertz CT molecular complexity index is 995. The van der Waals surface area contributed by atoms with Gasteiger partial charge in [0.25, 0.3) is 5.91 Å². The fraction of sp³-hybridized carbons (Fsp3) is 0.105. The zero-order valence-corrected chi connectivity index (χ0v) is 13.0. The number of carbonyl (C=O) groups excluding carboxylic acids is 1. The lowest BCUT2D eigenvalue weighted by atomic mass is 10.2. The zero-order chi connectivity index (χ0) is 16.5. The summed E-state index contributed by atoms with van der Waals surface area (Å²) in [5, 5.41) is 4.64. The zero-order valence-electron chi connectivity index (χ0n) is 13.0. The Hall–Kier alpha value is -3.21. The maximum atomic E-state index is 12.3. The first-order valence-corrected chi connectivity index (χ1v) is 7.57. The van der Waals surface area contributed by atoms with Crippen LogP contribution in [0.25, 0.3) is 21.9 Å². The molecule has 0 bridgehead atoms. The molecule has 1 N–H and O–H groups in total. The summed E-state index contributed by atoms with van der Waals surface area (Å²) in [4.78, 5) is 12.3. The van der Waals surface area contributed by atoms with E-state index in [0.29, 0.717) is 23.6 Å². The smallest absolute Gasteiger partial charge is 0.287 e. The van der Waals surface area contributed by atoms with Gasteiger partial charge in [-0.3, -0.25) is 4.79 Å². The Morgan fingerprint density at radius 1 is 1.04 bits per heavy atom. The van der Waals surface area contributed by atoms with Crippen molar-refractivity contribution in [2.75, 3.05) is 7.11 Å². The first-order valence-electron chi connectivity index (χ1n) is 7.57. The van der Waals surface area contributed by atoms with E-state index in [1.54, 1.807) is 19.2 Å². The highest BCUT2D eigenvalue weighted by Crippen LogP contribution is 2.28. The molecule has 0 aliphatic heterocycles. The minimum Gasteiger partial charge on any atom is -0.493 e. The van der Waals surface area contributed by atoms with E-state index in [2.05, 4.69) is 5.32 Å². The molecule has 2 aromatic heterocycles. The number of furan rings is 2. The number of amides is 1. The Morgan fingerprint density at radius 2 is 1.88 bits per heavy atom. The van der Waals surface area contributed by atoms with Gasteiger partial charge in [-0.05, 0) is 24.3 Å². The predicted molar refractivity (Wildman–Crippen MR) is 90.2 cm³/mol. The van der Waals surface area contributed by atoms with Crippen molar-refractivity contribution in [3.05, 3.63) is 66.1 Å². The molecule has 0 unspecified atom stereocenters. The lowest BCUT2D eigenvalue weighted by molar-refractivity contribution is 0.0922. The third kappa shape index (κ3) is 2.50. The average molecular weight is 321 g/mol. The van der Waals surface area contributed by atoms with E-state index in [4.69, 9.17) is 13.6 Å². The van der Waals surface area contributed by atoms with Crippen LogP contribution in [0, 0.1) is 0 Å². The average Bonchev–Trinajstić information content (AvgIpc) is 3.22. The summed E-state index contributed by atoms with van der Waals surface area (Å²) in [5.41, 5.74) is 1.36. The quantitative estimate of drug-likeness (QED) is 0.614. The molecule has 2 heterocycles. The van der Waals surface area contributed by atoms with Gasteiger partial charge in [0.05, 0.1) is 13.7 Å². The molecule has 120 valence electrons. The van der Waals surface area contributed by atoms with Gasteiger partial charge in [0.1, 0.15) is 11.3 Å². The van der Waals surface area contributed by atoms with Gasteiger partial charge in [0.15, 0.2) is 17.1 Å². The van der Waals surface area contributed by atoms with Crippen LogP contribution >= 0.6 is 0 Å². The first-order chi connectivity index (χ1) is 11.7. The van der Waals surface area contributed by atoms with Crippen LogP contribution in [-0.4, -0.2) is 13.0 Å². The Morgan fingerprint density at radius 3 is 2.71 bits per heavy atom. The number of fused-ring (bicyclic) bond motifs is 2. The fourth-order valence-corrected chi connectivity index (χ4v) is 2.69. The number of nitrogens with one attached hydrogen (secondary N) is 1. The van der Waals surface area contributed by atoms with Crippen LogP contribution in [0.3, 0.4) is 0 Å². The van der Waals surface area contributed by atoms with E-state index in [-0.39, 0.29) is 11.7 Å². The third-order valence-electron chi connectivity index (χ3n) is 3.85. The van der Waals surface area contributed by atoms with Gasteiger partial charge in [-0.1, -0.05) is 30.3 Å². The second-order valence-corrected chi connectivity index (χ2v) is 5.42. The van der Waals surface area contributed by atoms with Crippen molar-refractivity contribution >= 4 is 27.8 Å². The van der Waals surface area contributed by atoms with E-state index in [9.17, 15) is 4.79 Å². The van der Waals surface area contributed by atoms with Gasteiger partial charge in [0, 0.05) is 10.8 Å². The van der Waals surface area contributed by atoms with E-state index >= 15 is 0 Å². The molecule has 4 rings (SSSR count). The maximum Gasteiger partial charge on any atom is 0.287 e. The summed E-state index contributed by atoms with van der Waals surface area (Å²) in [6.07, 6.45) is 0. The predicted octanol–water partition coefficient (Wildman–Crippen LogP) is 4.12. The molecule has 5 nitrogen and oxygen atoms in total. The van der Waals surface area contributed by atoms with Crippen molar-refractivity contribution < 1.29 is 18.4 Å². The molecule has 0 radical (unpaired) electrons. The summed E-state index contributed by atoms with van der Waals surface area (Å²) in [6, 6.07) is 16.9. The summed E-state index contributed by atoms with van der Waals surface area (Å²) < 4.78 is 16.6. The molecule has 0 spiro atoms. The molecule has 24 heavy (non-hydrogen) atoms. The molecule has 0 saturated carbocycles.